The molecule has 1 saturated carbocycles. The molecule has 0 bridgehead atoms. The Kier molecular flexibility index (Phi) is 9.61. The van der Waals surface area contributed by atoms with E-state index in [4.69, 9.17) is 4.74 Å². The smallest absolute Gasteiger partial charge is 0.259 e. The van der Waals surface area contributed by atoms with E-state index >= 15 is 0 Å². The molecule has 1 unspecified atom stereocenters. The number of aliphatic hydroxyl groups excluding tert-OH is 1. The number of carbonyl (C=O) groups excluding carboxylic acids is 1. The SMILES string of the molecule is CCc1ccc2c(c1)[C@@H](CC[C@@H](O)[C@@H](CC(=O)c1cc(-c3ccccc3F)c(=O)n3c1CCC3C)Cc1ccccc1)CC1(CCCC1)O2. The molecule has 1 aliphatic carbocycles. The van der Waals surface area contributed by atoms with E-state index in [0.717, 1.165) is 55.5 Å². The van der Waals surface area contributed by atoms with Crippen LogP contribution in [-0.4, -0.2) is 27.2 Å². The maximum absolute atomic E-state index is 15.0. The zero-order valence-electron chi connectivity index (χ0n) is 28.8. The Labute approximate surface area is 289 Å². The summed E-state index contributed by atoms with van der Waals surface area (Å²) in [5.41, 5.74) is 4.86. The van der Waals surface area contributed by atoms with Gasteiger partial charge in [-0.3, -0.25) is 9.59 Å². The maximum Gasteiger partial charge on any atom is 0.259 e. The summed E-state index contributed by atoms with van der Waals surface area (Å²) < 4.78 is 23.4. The van der Waals surface area contributed by atoms with Gasteiger partial charge in [0.1, 0.15) is 17.2 Å². The molecule has 49 heavy (non-hydrogen) atoms. The van der Waals surface area contributed by atoms with Gasteiger partial charge in [0.05, 0.1) is 11.7 Å². The van der Waals surface area contributed by atoms with Crippen molar-refractivity contribution in [1.29, 1.82) is 0 Å². The number of aromatic nitrogens is 1. The summed E-state index contributed by atoms with van der Waals surface area (Å²) in [6.07, 6.45) is 9.20. The number of rotatable bonds is 11. The average Bonchev–Trinajstić information content (AvgIpc) is 3.73. The summed E-state index contributed by atoms with van der Waals surface area (Å²) in [6, 6.07) is 24.5. The second-order valence-electron chi connectivity index (χ2n) is 14.8. The van der Waals surface area contributed by atoms with Gasteiger partial charge < -0.3 is 14.4 Å². The van der Waals surface area contributed by atoms with Crippen LogP contribution in [0.25, 0.3) is 11.1 Å². The van der Waals surface area contributed by atoms with Gasteiger partial charge in [-0.25, -0.2) is 4.39 Å². The molecular weight excluding hydrogens is 613 g/mol. The predicted octanol–water partition coefficient (Wildman–Crippen LogP) is 9.18. The van der Waals surface area contributed by atoms with Crippen LogP contribution in [0.4, 0.5) is 4.39 Å². The Morgan fingerprint density at radius 2 is 1.76 bits per heavy atom. The first kappa shape index (κ1) is 33.5. The number of halogens is 1. The lowest BCUT2D eigenvalue weighted by molar-refractivity contribution is 0.0343. The number of fused-ring (bicyclic) bond motifs is 2. The topological polar surface area (TPSA) is 68.5 Å². The van der Waals surface area contributed by atoms with Gasteiger partial charge in [0.25, 0.3) is 5.56 Å². The molecule has 4 atom stereocenters. The molecule has 1 spiro atoms. The van der Waals surface area contributed by atoms with Gasteiger partial charge in [0, 0.05) is 29.3 Å². The van der Waals surface area contributed by atoms with Gasteiger partial charge in [-0.05, 0) is 124 Å². The Morgan fingerprint density at radius 3 is 2.51 bits per heavy atom. The number of carbonyl (C=O) groups is 1. The van der Waals surface area contributed by atoms with Crippen molar-refractivity contribution in [3.05, 3.63) is 123 Å². The van der Waals surface area contributed by atoms with Crippen LogP contribution in [0.5, 0.6) is 5.75 Å². The highest BCUT2D eigenvalue weighted by Crippen LogP contribution is 2.50. The van der Waals surface area contributed by atoms with E-state index in [1.54, 1.807) is 28.8 Å². The summed E-state index contributed by atoms with van der Waals surface area (Å²) in [6.45, 7) is 4.15. The lowest BCUT2D eigenvalue weighted by Gasteiger charge is -2.41. The zero-order valence-corrected chi connectivity index (χ0v) is 28.8. The molecule has 0 saturated heterocycles. The molecule has 3 aromatic carbocycles. The van der Waals surface area contributed by atoms with Crippen LogP contribution in [-0.2, 0) is 19.3 Å². The molecule has 1 aromatic heterocycles. The molecule has 256 valence electrons. The second kappa shape index (κ2) is 14.1. The quantitative estimate of drug-likeness (QED) is 0.163. The number of Topliss-reactive ketones (excluding diaryl/α,β-unsaturated/α-hetero) is 1. The first-order valence-electron chi connectivity index (χ1n) is 18.4. The van der Waals surface area contributed by atoms with Crippen molar-refractivity contribution in [2.75, 3.05) is 0 Å². The van der Waals surface area contributed by atoms with E-state index in [2.05, 4.69) is 25.1 Å². The van der Waals surface area contributed by atoms with Gasteiger partial charge in [0.15, 0.2) is 5.78 Å². The summed E-state index contributed by atoms with van der Waals surface area (Å²) in [4.78, 5) is 28.0. The number of benzene rings is 3. The number of aryl methyl sites for hydroxylation is 1. The predicted molar refractivity (Wildman–Crippen MR) is 192 cm³/mol. The summed E-state index contributed by atoms with van der Waals surface area (Å²) in [5.74, 6) is 0.366. The third kappa shape index (κ3) is 6.77. The fourth-order valence-electron chi connectivity index (χ4n) is 8.85. The van der Waals surface area contributed by atoms with Crippen LogP contribution in [0.3, 0.4) is 0 Å². The van der Waals surface area contributed by atoms with Gasteiger partial charge in [-0.1, -0.05) is 67.6 Å². The van der Waals surface area contributed by atoms with E-state index in [1.165, 1.54) is 30.0 Å². The van der Waals surface area contributed by atoms with Crippen molar-refractivity contribution in [2.45, 2.75) is 115 Å². The van der Waals surface area contributed by atoms with Gasteiger partial charge in [0.2, 0.25) is 0 Å². The minimum absolute atomic E-state index is 0.0785. The van der Waals surface area contributed by atoms with Crippen molar-refractivity contribution in [3.8, 4) is 16.9 Å². The number of aliphatic hydroxyl groups is 1. The van der Waals surface area contributed by atoms with Gasteiger partial charge >= 0.3 is 0 Å². The summed E-state index contributed by atoms with van der Waals surface area (Å²) >= 11 is 0. The lowest BCUT2D eigenvalue weighted by Crippen LogP contribution is -2.38. The number of hydrogen-bond donors (Lipinski definition) is 1. The third-order valence-corrected chi connectivity index (χ3v) is 11.6. The fourth-order valence-corrected chi connectivity index (χ4v) is 8.85. The van der Waals surface area contributed by atoms with Crippen LogP contribution >= 0.6 is 0 Å². The van der Waals surface area contributed by atoms with E-state index in [9.17, 15) is 19.1 Å². The Hall–Kier alpha value is -4.03. The molecule has 2 aliphatic heterocycles. The normalized spacial score (nSPS) is 20.4. The van der Waals surface area contributed by atoms with Crippen LogP contribution in [0.15, 0.2) is 83.7 Å². The fraction of sp³-hybridized carbons (Fsp3) is 0.442. The van der Waals surface area contributed by atoms with Crippen molar-refractivity contribution >= 4 is 5.78 Å². The molecule has 7 rings (SSSR count). The molecule has 1 fully saturated rings. The van der Waals surface area contributed by atoms with Crippen LogP contribution in [0, 0.1) is 11.7 Å². The largest absolute Gasteiger partial charge is 0.487 e. The van der Waals surface area contributed by atoms with Crippen LogP contribution < -0.4 is 10.3 Å². The number of pyridine rings is 1. The number of hydrogen-bond acceptors (Lipinski definition) is 4. The summed E-state index contributed by atoms with van der Waals surface area (Å²) in [7, 11) is 0. The highest BCUT2D eigenvalue weighted by Gasteiger charge is 2.43. The zero-order chi connectivity index (χ0) is 34.1. The molecule has 4 aromatic rings. The minimum atomic E-state index is -0.700. The number of ether oxygens (including phenoxy) is 1. The second-order valence-corrected chi connectivity index (χ2v) is 14.8. The Morgan fingerprint density at radius 1 is 1.00 bits per heavy atom. The number of ketones is 1. The van der Waals surface area contributed by atoms with Crippen molar-refractivity contribution in [1.82, 2.24) is 4.57 Å². The Bertz CT molecular complexity index is 1870. The molecule has 0 radical (unpaired) electrons. The lowest BCUT2D eigenvalue weighted by atomic mass is 9.77. The Balaban J connectivity index is 1.18. The first-order chi connectivity index (χ1) is 23.7. The number of nitrogens with zero attached hydrogens (tertiary/aromatic N) is 1. The average molecular weight is 662 g/mol. The molecule has 3 heterocycles. The van der Waals surface area contributed by atoms with Crippen molar-refractivity contribution < 1.29 is 19.0 Å². The van der Waals surface area contributed by atoms with Gasteiger partial charge in [-0.2, -0.15) is 0 Å². The van der Waals surface area contributed by atoms with Crippen LogP contribution in [0.2, 0.25) is 0 Å². The standard InChI is InChI=1S/C43H48FNO4/c1-3-29-16-20-41-34(24-29)31(27-43(49-41)21-9-10-22-43)17-19-39(46)32(23-30-11-5-4-6-12-30)25-40(47)36-26-35(33-13-7-8-14-37(33)44)42(48)45-28(2)15-18-38(36)45/h4-8,11-14,16,20,24,26,28,31-32,39,46H,3,9-10,15,17-19,21-23,25,27H2,1-2H3/t28?,31-,32+,39+/m0/s1. The maximum atomic E-state index is 15.0. The van der Waals surface area contributed by atoms with Gasteiger partial charge in [-0.15, -0.1) is 0 Å². The van der Waals surface area contributed by atoms with E-state index in [1.807, 2.05) is 37.3 Å². The van der Waals surface area contributed by atoms with Crippen LogP contribution in [0.1, 0.15) is 116 Å². The molecule has 0 amide bonds. The summed E-state index contributed by atoms with van der Waals surface area (Å²) in [5, 5.41) is 12.0. The molecule has 3 aliphatic rings. The monoisotopic (exact) mass is 661 g/mol. The minimum Gasteiger partial charge on any atom is -0.487 e. The van der Waals surface area contributed by atoms with Crippen molar-refractivity contribution in [2.24, 2.45) is 5.92 Å². The van der Waals surface area contributed by atoms with E-state index in [-0.39, 0.29) is 52.4 Å². The first-order valence-corrected chi connectivity index (χ1v) is 18.4. The molecule has 6 heteroatoms. The molecular formula is C43H48FNO4. The molecule has 1 N–H and O–H groups in total. The van der Waals surface area contributed by atoms with E-state index < -0.39 is 11.9 Å². The highest BCUT2D eigenvalue weighted by atomic mass is 19.1. The third-order valence-electron chi connectivity index (χ3n) is 11.6. The van der Waals surface area contributed by atoms with E-state index in [0.29, 0.717) is 24.8 Å². The van der Waals surface area contributed by atoms with Crippen molar-refractivity contribution in [3.63, 3.8) is 0 Å². The highest BCUT2D eigenvalue weighted by molar-refractivity contribution is 5.98. The molecule has 5 nitrogen and oxygen atoms in total.